The van der Waals surface area contributed by atoms with Crippen LogP contribution in [0.25, 0.3) is 21.1 Å². The van der Waals surface area contributed by atoms with Crippen LogP contribution >= 0.6 is 29.8 Å². The average molecular weight is 467 g/mol. The molecule has 4 aromatic heterocycles. The minimum absolute atomic E-state index is 0.820. The first-order valence-corrected chi connectivity index (χ1v) is 13.4. The van der Waals surface area contributed by atoms with E-state index in [-0.39, 0.29) is 0 Å². The van der Waals surface area contributed by atoms with E-state index in [0.29, 0.717) is 0 Å². The minimum atomic E-state index is -2.84. The highest BCUT2D eigenvalue weighted by atomic mass is 32.1. The van der Waals surface area contributed by atoms with E-state index < -0.39 is 7.14 Å². The normalized spacial score (nSPS) is 16.1. The lowest BCUT2D eigenvalue weighted by Crippen LogP contribution is -2.19. The number of fused-ring (bicyclic) bond motifs is 3. The van der Waals surface area contributed by atoms with Crippen LogP contribution in [0, 0.1) is 11.8 Å². The number of nitrogens with zero attached hydrogens (tertiary/aromatic N) is 2. The van der Waals surface area contributed by atoms with Crippen molar-refractivity contribution in [1.82, 2.24) is 9.97 Å². The van der Waals surface area contributed by atoms with Gasteiger partial charge < -0.3 is 4.57 Å². The van der Waals surface area contributed by atoms with Gasteiger partial charge in [0.2, 0.25) is 0 Å². The summed E-state index contributed by atoms with van der Waals surface area (Å²) in [4.78, 5) is 11.9. The van der Waals surface area contributed by atoms with Gasteiger partial charge >= 0.3 is 0 Å². The van der Waals surface area contributed by atoms with Crippen molar-refractivity contribution in [2.45, 2.75) is 0 Å². The lowest BCUT2D eigenvalue weighted by molar-refractivity contribution is 0.593. The summed E-state index contributed by atoms with van der Waals surface area (Å²) in [6.45, 7) is 0. The van der Waals surface area contributed by atoms with E-state index in [4.69, 9.17) is 0 Å². The Kier molecular flexibility index (Phi) is 4.66. The first kappa shape index (κ1) is 19.4. The Morgan fingerprint density at radius 2 is 1.62 bits per heavy atom. The molecular weight excluding hydrogens is 451 g/mol. The fraction of sp³-hybridized carbons (Fsp3) is 0. The highest BCUT2D eigenvalue weighted by Crippen LogP contribution is 2.55. The number of rotatable bonds is 2. The number of hydrogen-bond donors (Lipinski definition) is 0. The molecule has 1 atom stereocenters. The van der Waals surface area contributed by atoms with E-state index in [1.165, 1.54) is 0 Å². The monoisotopic (exact) mass is 466 g/mol. The molecule has 0 aliphatic carbocycles. The van der Waals surface area contributed by atoms with E-state index in [0.717, 1.165) is 47.5 Å². The maximum atomic E-state index is 14.3. The SMILES string of the molecule is O=P1(c2ccccc2)c2ccsc2-c2sc(C#Cc3ccc(-c4ccccn4)nc3)cc21. The molecule has 1 unspecified atom stereocenters. The van der Waals surface area contributed by atoms with Crippen molar-refractivity contribution in [2.75, 3.05) is 0 Å². The molecule has 0 bridgehead atoms. The van der Waals surface area contributed by atoms with Crippen molar-refractivity contribution in [3.05, 3.63) is 101 Å². The van der Waals surface area contributed by atoms with Gasteiger partial charge in [-0.15, -0.1) is 22.7 Å². The highest BCUT2D eigenvalue weighted by Gasteiger charge is 2.42. The fourth-order valence-corrected chi connectivity index (χ4v) is 9.96. The van der Waals surface area contributed by atoms with Crippen LogP contribution < -0.4 is 15.9 Å². The molecule has 1 aliphatic rings. The molecule has 5 aromatic rings. The molecule has 0 spiro atoms. The Morgan fingerprint density at radius 1 is 0.781 bits per heavy atom. The second-order valence-electron chi connectivity index (χ2n) is 7.30. The summed E-state index contributed by atoms with van der Waals surface area (Å²) < 4.78 is 14.3. The van der Waals surface area contributed by atoms with Crippen molar-refractivity contribution in [3.63, 3.8) is 0 Å². The third kappa shape index (κ3) is 3.08. The number of benzene rings is 1. The van der Waals surface area contributed by atoms with Gasteiger partial charge in [0.05, 0.1) is 26.0 Å². The zero-order valence-corrected chi connectivity index (χ0v) is 19.3. The summed E-state index contributed by atoms with van der Waals surface area (Å²) in [5, 5.41) is 4.79. The van der Waals surface area contributed by atoms with Crippen LogP contribution in [0.3, 0.4) is 0 Å². The molecule has 1 aliphatic heterocycles. The van der Waals surface area contributed by atoms with E-state index in [9.17, 15) is 4.57 Å². The van der Waals surface area contributed by atoms with Crippen molar-refractivity contribution < 1.29 is 4.57 Å². The van der Waals surface area contributed by atoms with Crippen molar-refractivity contribution in [3.8, 4) is 33.0 Å². The summed E-state index contributed by atoms with van der Waals surface area (Å²) >= 11 is 3.27. The summed E-state index contributed by atoms with van der Waals surface area (Å²) in [6, 6.07) is 23.5. The lowest BCUT2D eigenvalue weighted by atomic mass is 10.2. The molecule has 6 heteroatoms. The van der Waals surface area contributed by atoms with Crippen molar-refractivity contribution >= 4 is 45.7 Å². The quantitative estimate of drug-likeness (QED) is 0.257. The molecule has 0 N–H and O–H groups in total. The van der Waals surface area contributed by atoms with Crippen LogP contribution in [-0.4, -0.2) is 9.97 Å². The third-order valence-electron chi connectivity index (χ3n) is 5.38. The molecule has 0 amide bonds. The van der Waals surface area contributed by atoms with Crippen LogP contribution in [-0.2, 0) is 4.57 Å². The van der Waals surface area contributed by atoms with Gasteiger partial charge in [-0.3, -0.25) is 9.97 Å². The molecule has 0 saturated heterocycles. The molecular formula is C26H15N2OPS2. The number of pyridine rings is 2. The van der Waals surface area contributed by atoms with Gasteiger partial charge in [-0.1, -0.05) is 48.2 Å². The maximum Gasteiger partial charge on any atom is 0.174 e. The van der Waals surface area contributed by atoms with Crippen LogP contribution in [0.4, 0.5) is 0 Å². The highest BCUT2D eigenvalue weighted by molar-refractivity contribution is 7.87. The molecule has 32 heavy (non-hydrogen) atoms. The van der Waals surface area contributed by atoms with Crippen molar-refractivity contribution in [2.24, 2.45) is 0 Å². The van der Waals surface area contributed by atoms with E-state index in [1.807, 2.05) is 78.2 Å². The zero-order valence-electron chi connectivity index (χ0n) is 16.7. The van der Waals surface area contributed by atoms with Gasteiger partial charge in [-0.05, 0) is 41.8 Å². The van der Waals surface area contributed by atoms with E-state index in [1.54, 1.807) is 35.1 Å². The summed E-state index contributed by atoms with van der Waals surface area (Å²) in [7, 11) is -2.84. The molecule has 3 nitrogen and oxygen atoms in total. The Labute approximate surface area is 193 Å². The largest absolute Gasteiger partial charge is 0.309 e. The molecule has 152 valence electrons. The molecule has 1 aromatic carbocycles. The Hall–Kier alpha value is -3.29. The van der Waals surface area contributed by atoms with Crippen molar-refractivity contribution in [1.29, 1.82) is 0 Å². The Bertz CT molecular complexity index is 1540. The second-order valence-corrected chi connectivity index (χ2v) is 12.0. The zero-order chi connectivity index (χ0) is 21.5. The van der Waals surface area contributed by atoms with Crippen LogP contribution in [0.2, 0.25) is 0 Å². The van der Waals surface area contributed by atoms with Crippen LogP contribution in [0.1, 0.15) is 10.4 Å². The summed E-state index contributed by atoms with van der Waals surface area (Å²) in [5.74, 6) is 6.46. The fourth-order valence-electron chi connectivity index (χ4n) is 3.87. The Balaban J connectivity index is 1.36. The van der Waals surface area contributed by atoms with Crippen LogP contribution in [0.15, 0.2) is 90.6 Å². The average Bonchev–Trinajstić information content (AvgIpc) is 3.55. The maximum absolute atomic E-state index is 14.3. The molecule has 0 radical (unpaired) electrons. The summed E-state index contributed by atoms with van der Waals surface area (Å²) in [6.07, 6.45) is 3.53. The predicted molar refractivity (Wildman–Crippen MR) is 134 cm³/mol. The summed E-state index contributed by atoms with van der Waals surface area (Å²) in [5.41, 5.74) is 2.49. The van der Waals surface area contributed by atoms with E-state index in [2.05, 4.69) is 21.8 Å². The molecule has 0 saturated carbocycles. The predicted octanol–water partition coefficient (Wildman–Crippen LogP) is 5.29. The first-order chi connectivity index (χ1) is 15.7. The van der Waals surface area contributed by atoms with Gasteiger partial charge in [0.15, 0.2) is 7.14 Å². The minimum Gasteiger partial charge on any atom is -0.309 e. The Morgan fingerprint density at radius 3 is 2.41 bits per heavy atom. The van der Waals surface area contributed by atoms with Crippen LogP contribution in [0.5, 0.6) is 0 Å². The number of thiophene rings is 2. The topological polar surface area (TPSA) is 42.9 Å². The van der Waals surface area contributed by atoms with Gasteiger partial charge in [0.25, 0.3) is 0 Å². The molecule has 5 heterocycles. The van der Waals surface area contributed by atoms with Gasteiger partial charge in [-0.25, -0.2) is 0 Å². The van der Waals surface area contributed by atoms with Gasteiger partial charge in [-0.2, -0.15) is 0 Å². The first-order valence-electron chi connectivity index (χ1n) is 10.0. The third-order valence-corrected chi connectivity index (χ3v) is 10.9. The lowest BCUT2D eigenvalue weighted by Gasteiger charge is -2.13. The standard InChI is InChI=1S/C26H15N2OPS2/c29-30(19-6-2-1-3-7-19)23-13-15-31-25(23)26-24(30)16-20(32-26)11-9-18-10-12-22(28-17-18)21-8-4-5-14-27-21/h1-8,10,12-17H. The molecule has 6 rings (SSSR count). The number of aromatic nitrogens is 2. The van der Waals surface area contributed by atoms with Gasteiger partial charge in [0.1, 0.15) is 0 Å². The molecule has 0 fully saturated rings. The smallest absolute Gasteiger partial charge is 0.174 e. The number of hydrogen-bond acceptors (Lipinski definition) is 5. The van der Waals surface area contributed by atoms with E-state index >= 15 is 0 Å². The van der Waals surface area contributed by atoms with Gasteiger partial charge in [0, 0.05) is 33.9 Å². The second kappa shape index (κ2) is 7.69.